The standard InChI is InChI=1S/C20H20ClN3O3S/c1-12-5-8-17(27-4)16(9-12)24-19(26)14-7-6-13(21)10-15(14)22-20(24)28-11-18(25)23(2)3/h5-10H,11H2,1-4H3. The van der Waals surface area contributed by atoms with Crippen LogP contribution in [0.1, 0.15) is 5.56 Å². The number of aromatic nitrogens is 2. The highest BCUT2D eigenvalue weighted by Crippen LogP contribution is 2.28. The van der Waals surface area contributed by atoms with Crippen molar-refractivity contribution in [2.24, 2.45) is 0 Å². The van der Waals surface area contributed by atoms with Crippen LogP contribution in [-0.2, 0) is 4.79 Å². The Morgan fingerprint density at radius 3 is 2.68 bits per heavy atom. The van der Waals surface area contributed by atoms with Crippen molar-refractivity contribution in [1.82, 2.24) is 14.5 Å². The fraction of sp³-hybridized carbons (Fsp3) is 0.250. The van der Waals surface area contributed by atoms with Crippen LogP contribution >= 0.6 is 23.4 Å². The molecule has 0 saturated heterocycles. The Balaban J connectivity index is 2.27. The van der Waals surface area contributed by atoms with Gasteiger partial charge in [-0.2, -0.15) is 0 Å². The normalized spacial score (nSPS) is 10.9. The van der Waals surface area contributed by atoms with Crippen molar-refractivity contribution in [3.63, 3.8) is 0 Å². The number of amides is 1. The number of halogens is 1. The fourth-order valence-electron chi connectivity index (χ4n) is 2.68. The minimum Gasteiger partial charge on any atom is -0.495 e. The first-order chi connectivity index (χ1) is 13.3. The van der Waals surface area contributed by atoms with Crippen LogP contribution in [0.2, 0.25) is 5.02 Å². The summed E-state index contributed by atoms with van der Waals surface area (Å²) in [5, 5.41) is 1.33. The Kier molecular flexibility index (Phi) is 5.96. The van der Waals surface area contributed by atoms with Crippen molar-refractivity contribution in [3.8, 4) is 11.4 Å². The molecule has 2 aromatic carbocycles. The predicted molar refractivity (Wildman–Crippen MR) is 113 cm³/mol. The van der Waals surface area contributed by atoms with E-state index in [1.165, 1.54) is 21.2 Å². The van der Waals surface area contributed by atoms with Crippen LogP contribution in [-0.4, -0.2) is 47.3 Å². The maximum absolute atomic E-state index is 13.3. The van der Waals surface area contributed by atoms with Crippen molar-refractivity contribution < 1.29 is 9.53 Å². The second-order valence-corrected chi connectivity index (χ2v) is 7.83. The first-order valence-corrected chi connectivity index (χ1v) is 9.88. The summed E-state index contributed by atoms with van der Waals surface area (Å²) in [6, 6.07) is 10.5. The zero-order valence-electron chi connectivity index (χ0n) is 16.0. The molecular weight excluding hydrogens is 398 g/mol. The lowest BCUT2D eigenvalue weighted by atomic mass is 10.2. The molecule has 0 aliphatic carbocycles. The van der Waals surface area contributed by atoms with E-state index in [1.54, 1.807) is 39.4 Å². The van der Waals surface area contributed by atoms with Gasteiger partial charge in [-0.05, 0) is 42.8 Å². The number of fused-ring (bicyclic) bond motifs is 1. The number of aryl methyl sites for hydroxylation is 1. The summed E-state index contributed by atoms with van der Waals surface area (Å²) in [5.74, 6) is 0.622. The molecule has 0 fully saturated rings. The molecule has 0 unspecified atom stereocenters. The molecule has 146 valence electrons. The molecule has 0 saturated carbocycles. The zero-order chi connectivity index (χ0) is 20.4. The quantitative estimate of drug-likeness (QED) is 0.469. The van der Waals surface area contributed by atoms with E-state index in [1.807, 2.05) is 25.1 Å². The van der Waals surface area contributed by atoms with E-state index < -0.39 is 0 Å². The molecule has 0 aliphatic rings. The molecule has 0 spiro atoms. The van der Waals surface area contributed by atoms with Crippen LogP contribution in [0.5, 0.6) is 5.75 Å². The third kappa shape index (κ3) is 4.00. The van der Waals surface area contributed by atoms with Gasteiger partial charge in [0.05, 0.1) is 29.5 Å². The molecule has 3 aromatic rings. The lowest BCUT2D eigenvalue weighted by Gasteiger charge is -2.17. The van der Waals surface area contributed by atoms with Crippen LogP contribution in [0.25, 0.3) is 16.6 Å². The molecule has 28 heavy (non-hydrogen) atoms. The SMILES string of the molecule is COc1ccc(C)cc1-n1c(SCC(=O)N(C)C)nc2cc(Cl)ccc2c1=O. The maximum Gasteiger partial charge on any atom is 0.266 e. The summed E-state index contributed by atoms with van der Waals surface area (Å²) in [4.78, 5) is 31.5. The van der Waals surface area contributed by atoms with Gasteiger partial charge in [-0.25, -0.2) is 4.98 Å². The third-order valence-electron chi connectivity index (χ3n) is 4.20. The fourth-order valence-corrected chi connectivity index (χ4v) is 3.83. The molecule has 1 heterocycles. The van der Waals surface area contributed by atoms with E-state index in [0.717, 1.165) is 5.56 Å². The van der Waals surface area contributed by atoms with Gasteiger partial charge >= 0.3 is 0 Å². The minimum atomic E-state index is -0.245. The largest absolute Gasteiger partial charge is 0.495 e. The van der Waals surface area contributed by atoms with Gasteiger partial charge in [0.2, 0.25) is 5.91 Å². The van der Waals surface area contributed by atoms with Gasteiger partial charge in [0.15, 0.2) is 5.16 Å². The second kappa shape index (κ2) is 8.24. The van der Waals surface area contributed by atoms with Crippen molar-refractivity contribution >= 4 is 40.2 Å². The first-order valence-electron chi connectivity index (χ1n) is 8.52. The molecule has 1 aromatic heterocycles. The van der Waals surface area contributed by atoms with E-state index >= 15 is 0 Å². The Bertz CT molecular complexity index is 1110. The highest BCUT2D eigenvalue weighted by atomic mass is 35.5. The summed E-state index contributed by atoms with van der Waals surface area (Å²) in [7, 11) is 4.93. The van der Waals surface area contributed by atoms with Crippen molar-refractivity contribution in [1.29, 1.82) is 0 Å². The van der Waals surface area contributed by atoms with Gasteiger partial charge in [-0.3, -0.25) is 14.2 Å². The molecule has 3 rings (SSSR count). The molecule has 0 bridgehead atoms. The lowest BCUT2D eigenvalue weighted by Crippen LogP contribution is -2.26. The van der Waals surface area contributed by atoms with Crippen LogP contribution in [0.15, 0.2) is 46.3 Å². The number of ether oxygens (including phenoxy) is 1. The van der Waals surface area contributed by atoms with Gasteiger partial charge < -0.3 is 9.64 Å². The van der Waals surface area contributed by atoms with E-state index in [9.17, 15) is 9.59 Å². The maximum atomic E-state index is 13.3. The van der Waals surface area contributed by atoms with Crippen LogP contribution in [0, 0.1) is 6.92 Å². The summed E-state index contributed by atoms with van der Waals surface area (Å²) < 4.78 is 6.96. The van der Waals surface area contributed by atoms with E-state index in [2.05, 4.69) is 4.98 Å². The van der Waals surface area contributed by atoms with Gasteiger partial charge in [0.25, 0.3) is 5.56 Å². The average molecular weight is 418 g/mol. The van der Waals surface area contributed by atoms with Crippen molar-refractivity contribution in [3.05, 3.63) is 57.3 Å². The third-order valence-corrected chi connectivity index (χ3v) is 5.36. The Hall–Kier alpha value is -2.51. The molecule has 0 N–H and O–H groups in total. The summed E-state index contributed by atoms with van der Waals surface area (Å²) in [6.45, 7) is 1.94. The Labute approximate surface area is 172 Å². The number of nitrogens with zero attached hydrogens (tertiary/aromatic N) is 3. The monoisotopic (exact) mass is 417 g/mol. The number of methoxy groups -OCH3 is 1. The molecule has 8 heteroatoms. The van der Waals surface area contributed by atoms with E-state index in [4.69, 9.17) is 16.3 Å². The van der Waals surface area contributed by atoms with Gasteiger partial charge in [0.1, 0.15) is 5.75 Å². The van der Waals surface area contributed by atoms with Crippen LogP contribution in [0.4, 0.5) is 0 Å². The topological polar surface area (TPSA) is 64.4 Å². The number of thioether (sulfide) groups is 1. The summed E-state index contributed by atoms with van der Waals surface area (Å²) in [6.07, 6.45) is 0. The second-order valence-electron chi connectivity index (χ2n) is 6.45. The molecule has 0 radical (unpaired) electrons. The van der Waals surface area contributed by atoms with E-state index in [0.29, 0.717) is 32.5 Å². The molecule has 1 amide bonds. The molecular formula is C20H20ClN3O3S. The number of carbonyl (C=O) groups excluding carboxylic acids is 1. The number of carbonyl (C=O) groups is 1. The van der Waals surface area contributed by atoms with Crippen LogP contribution < -0.4 is 10.3 Å². The zero-order valence-corrected chi connectivity index (χ0v) is 17.6. The number of hydrogen-bond acceptors (Lipinski definition) is 5. The summed E-state index contributed by atoms with van der Waals surface area (Å²) in [5.41, 5.74) is 1.79. The van der Waals surface area contributed by atoms with Crippen LogP contribution in [0.3, 0.4) is 0 Å². The summed E-state index contributed by atoms with van der Waals surface area (Å²) >= 11 is 7.28. The van der Waals surface area contributed by atoms with E-state index in [-0.39, 0.29) is 17.2 Å². The molecule has 6 nitrogen and oxygen atoms in total. The Morgan fingerprint density at radius 1 is 1.25 bits per heavy atom. The highest BCUT2D eigenvalue weighted by molar-refractivity contribution is 7.99. The lowest BCUT2D eigenvalue weighted by molar-refractivity contribution is -0.125. The first kappa shape index (κ1) is 20.2. The van der Waals surface area contributed by atoms with Crippen molar-refractivity contribution in [2.45, 2.75) is 12.1 Å². The number of benzene rings is 2. The van der Waals surface area contributed by atoms with Gasteiger partial charge in [0, 0.05) is 19.1 Å². The van der Waals surface area contributed by atoms with Gasteiger partial charge in [-0.15, -0.1) is 0 Å². The number of rotatable bonds is 5. The minimum absolute atomic E-state index is 0.0757. The van der Waals surface area contributed by atoms with Crippen molar-refractivity contribution in [2.75, 3.05) is 27.0 Å². The Morgan fingerprint density at radius 2 is 2.00 bits per heavy atom. The highest BCUT2D eigenvalue weighted by Gasteiger charge is 2.18. The number of hydrogen-bond donors (Lipinski definition) is 0. The predicted octanol–water partition coefficient (Wildman–Crippen LogP) is 3.54. The average Bonchev–Trinajstić information content (AvgIpc) is 2.65. The molecule has 0 aliphatic heterocycles. The molecule has 0 atom stereocenters. The smallest absolute Gasteiger partial charge is 0.266 e. The van der Waals surface area contributed by atoms with Gasteiger partial charge in [-0.1, -0.05) is 29.4 Å².